The van der Waals surface area contributed by atoms with Gasteiger partial charge in [0.05, 0.1) is 0 Å². The molecule has 5 heteroatoms. The highest BCUT2D eigenvalue weighted by molar-refractivity contribution is 7.80. The fourth-order valence-electron chi connectivity index (χ4n) is 3.00. The Morgan fingerprint density at radius 1 is 0.792 bits per heavy atom. The lowest BCUT2D eigenvalue weighted by Crippen LogP contribution is -2.37. The van der Waals surface area contributed by atoms with Crippen LogP contribution in [0.25, 0.3) is 0 Å². The molecule has 0 heterocycles. The standard InChI is InChI=1S/C19H40N2O2S/c1-18(2,11-15-22)9-5-7-13-21(17(20)24)14-8-6-10-19(3,4)12-16-23/h22-23H,5-16H2,1-4H3,(H2,20,24). The lowest BCUT2D eigenvalue weighted by molar-refractivity contribution is 0.195. The number of nitrogens with two attached hydrogens (primary N) is 1. The minimum atomic E-state index is 0.209. The van der Waals surface area contributed by atoms with Crippen molar-refractivity contribution in [1.29, 1.82) is 0 Å². The molecule has 0 amide bonds. The van der Waals surface area contributed by atoms with E-state index >= 15 is 0 Å². The third-order valence-electron chi connectivity index (χ3n) is 4.95. The number of hydrogen-bond acceptors (Lipinski definition) is 3. The monoisotopic (exact) mass is 360 g/mol. The molecule has 4 nitrogen and oxygen atoms in total. The average molecular weight is 361 g/mol. The lowest BCUT2D eigenvalue weighted by Gasteiger charge is -2.27. The smallest absolute Gasteiger partial charge is 0.166 e. The van der Waals surface area contributed by atoms with Gasteiger partial charge in [-0.25, -0.2) is 0 Å². The second-order valence-electron chi connectivity index (χ2n) is 8.52. The molecular weight excluding hydrogens is 320 g/mol. The summed E-state index contributed by atoms with van der Waals surface area (Å²) in [5.74, 6) is 0. The first-order valence-electron chi connectivity index (χ1n) is 9.40. The average Bonchev–Trinajstić information content (AvgIpc) is 2.44. The Morgan fingerprint density at radius 3 is 1.46 bits per heavy atom. The molecule has 0 aromatic heterocycles. The van der Waals surface area contributed by atoms with Gasteiger partial charge in [0.2, 0.25) is 0 Å². The maximum absolute atomic E-state index is 9.07. The summed E-state index contributed by atoms with van der Waals surface area (Å²) in [7, 11) is 0. The largest absolute Gasteiger partial charge is 0.396 e. The molecule has 0 aromatic rings. The maximum atomic E-state index is 9.07. The molecule has 24 heavy (non-hydrogen) atoms. The molecule has 0 rings (SSSR count). The number of nitrogens with zero attached hydrogens (tertiary/aromatic N) is 1. The summed E-state index contributed by atoms with van der Waals surface area (Å²) in [6.07, 6.45) is 8.39. The van der Waals surface area contributed by atoms with Gasteiger partial charge in [-0.1, -0.05) is 40.5 Å². The van der Waals surface area contributed by atoms with Gasteiger partial charge >= 0.3 is 0 Å². The Morgan fingerprint density at radius 2 is 1.17 bits per heavy atom. The van der Waals surface area contributed by atoms with Crippen LogP contribution in [0.15, 0.2) is 0 Å². The Bertz CT molecular complexity index is 320. The maximum Gasteiger partial charge on any atom is 0.166 e. The molecule has 0 aliphatic heterocycles. The van der Waals surface area contributed by atoms with Crippen molar-refractivity contribution in [2.45, 2.75) is 79.1 Å². The van der Waals surface area contributed by atoms with E-state index in [9.17, 15) is 0 Å². The number of unbranched alkanes of at least 4 members (excludes halogenated alkanes) is 2. The molecule has 0 aliphatic carbocycles. The zero-order valence-corrected chi connectivity index (χ0v) is 17.1. The van der Waals surface area contributed by atoms with Crippen molar-refractivity contribution >= 4 is 17.3 Å². The third-order valence-corrected chi connectivity index (χ3v) is 5.21. The summed E-state index contributed by atoms with van der Waals surface area (Å²) in [5, 5.41) is 18.6. The van der Waals surface area contributed by atoms with E-state index in [0.29, 0.717) is 5.11 Å². The molecule has 0 saturated heterocycles. The number of thiocarbonyl (C=S) groups is 1. The highest BCUT2D eigenvalue weighted by Crippen LogP contribution is 2.28. The van der Waals surface area contributed by atoms with Crippen molar-refractivity contribution in [3.05, 3.63) is 0 Å². The normalized spacial score (nSPS) is 12.4. The third kappa shape index (κ3) is 12.0. The van der Waals surface area contributed by atoms with Crippen molar-refractivity contribution in [1.82, 2.24) is 4.90 Å². The van der Waals surface area contributed by atoms with E-state index in [-0.39, 0.29) is 24.0 Å². The van der Waals surface area contributed by atoms with Gasteiger partial charge < -0.3 is 20.8 Å². The van der Waals surface area contributed by atoms with E-state index in [4.69, 9.17) is 28.2 Å². The minimum absolute atomic E-state index is 0.209. The highest BCUT2D eigenvalue weighted by atomic mass is 32.1. The van der Waals surface area contributed by atoms with Gasteiger partial charge in [-0.2, -0.15) is 0 Å². The van der Waals surface area contributed by atoms with Crippen LogP contribution < -0.4 is 5.73 Å². The SMILES string of the molecule is CC(C)(CCO)CCCCN(CCCCC(C)(C)CCO)C(N)=S. The highest BCUT2D eigenvalue weighted by Gasteiger charge is 2.18. The first-order valence-corrected chi connectivity index (χ1v) is 9.80. The van der Waals surface area contributed by atoms with Crippen molar-refractivity contribution in [3.8, 4) is 0 Å². The van der Waals surface area contributed by atoms with E-state index in [2.05, 4.69) is 32.6 Å². The van der Waals surface area contributed by atoms with Crippen LogP contribution in [0.2, 0.25) is 0 Å². The summed E-state index contributed by atoms with van der Waals surface area (Å²) in [6, 6.07) is 0. The van der Waals surface area contributed by atoms with Gasteiger partial charge in [-0.05, 0) is 61.6 Å². The summed E-state index contributed by atoms with van der Waals surface area (Å²) in [6.45, 7) is 11.2. The molecular formula is C19H40N2O2S. The van der Waals surface area contributed by atoms with Crippen LogP contribution >= 0.6 is 12.2 Å². The van der Waals surface area contributed by atoms with Gasteiger partial charge in [0.1, 0.15) is 0 Å². The molecule has 0 saturated carbocycles. The molecule has 0 aliphatic rings. The molecule has 0 bridgehead atoms. The second-order valence-corrected chi connectivity index (χ2v) is 8.93. The van der Waals surface area contributed by atoms with Crippen molar-refractivity contribution in [3.63, 3.8) is 0 Å². The first-order chi connectivity index (χ1) is 11.1. The number of aliphatic hydroxyl groups excluding tert-OH is 2. The van der Waals surface area contributed by atoms with Crippen molar-refractivity contribution in [2.75, 3.05) is 26.3 Å². The zero-order chi connectivity index (χ0) is 18.6. The Labute approximate surface area is 154 Å². The van der Waals surface area contributed by atoms with Crippen molar-refractivity contribution < 1.29 is 10.2 Å². The van der Waals surface area contributed by atoms with Crippen LogP contribution in [0.5, 0.6) is 0 Å². The first kappa shape index (κ1) is 23.6. The van der Waals surface area contributed by atoms with Gasteiger partial charge in [-0.3, -0.25) is 0 Å². The lowest BCUT2D eigenvalue weighted by atomic mass is 9.84. The number of hydrogen-bond donors (Lipinski definition) is 3. The van der Waals surface area contributed by atoms with Gasteiger partial charge in [0.25, 0.3) is 0 Å². The van der Waals surface area contributed by atoms with E-state index in [1.165, 1.54) is 0 Å². The molecule has 0 aromatic carbocycles. The van der Waals surface area contributed by atoms with Crippen LogP contribution in [0.3, 0.4) is 0 Å². The fraction of sp³-hybridized carbons (Fsp3) is 0.947. The molecule has 0 unspecified atom stereocenters. The van der Waals surface area contributed by atoms with Crippen molar-refractivity contribution in [2.24, 2.45) is 16.6 Å². The van der Waals surface area contributed by atoms with E-state index in [1.807, 2.05) is 0 Å². The second kappa shape index (κ2) is 12.0. The van der Waals surface area contributed by atoms with Gasteiger partial charge in [0, 0.05) is 26.3 Å². The quantitative estimate of drug-likeness (QED) is 0.325. The summed E-state index contributed by atoms with van der Waals surface area (Å²) < 4.78 is 0. The van der Waals surface area contributed by atoms with Gasteiger partial charge in [0.15, 0.2) is 5.11 Å². The number of rotatable bonds is 14. The number of aliphatic hydroxyl groups is 2. The Hall–Kier alpha value is -0.390. The predicted molar refractivity (Wildman–Crippen MR) is 107 cm³/mol. The fourth-order valence-corrected chi connectivity index (χ4v) is 3.18. The molecule has 4 N–H and O–H groups in total. The molecule has 0 fully saturated rings. The summed E-state index contributed by atoms with van der Waals surface area (Å²) in [4.78, 5) is 2.12. The Kier molecular flexibility index (Phi) is 11.8. The molecule has 0 radical (unpaired) electrons. The van der Waals surface area contributed by atoms with Crippen LogP contribution in [0, 0.1) is 10.8 Å². The zero-order valence-electron chi connectivity index (χ0n) is 16.3. The van der Waals surface area contributed by atoms with Crippen LogP contribution in [0.4, 0.5) is 0 Å². The molecule has 0 spiro atoms. The van der Waals surface area contributed by atoms with E-state index in [1.54, 1.807) is 0 Å². The molecule has 0 atom stereocenters. The van der Waals surface area contributed by atoms with Crippen LogP contribution in [-0.2, 0) is 0 Å². The van der Waals surface area contributed by atoms with Gasteiger partial charge in [-0.15, -0.1) is 0 Å². The topological polar surface area (TPSA) is 69.7 Å². The summed E-state index contributed by atoms with van der Waals surface area (Å²) in [5.41, 5.74) is 6.28. The van der Waals surface area contributed by atoms with Crippen LogP contribution in [0.1, 0.15) is 79.1 Å². The van der Waals surface area contributed by atoms with E-state index < -0.39 is 0 Å². The Balaban J connectivity index is 4.00. The molecule has 144 valence electrons. The van der Waals surface area contributed by atoms with E-state index in [0.717, 1.165) is 64.5 Å². The predicted octanol–water partition coefficient (Wildman–Crippen LogP) is 3.69. The van der Waals surface area contributed by atoms with Crippen LogP contribution in [-0.4, -0.2) is 46.5 Å². The summed E-state index contributed by atoms with van der Waals surface area (Å²) >= 11 is 5.18. The minimum Gasteiger partial charge on any atom is -0.396 e.